The van der Waals surface area contributed by atoms with E-state index in [-0.39, 0.29) is 28.7 Å². The van der Waals surface area contributed by atoms with Crippen LogP contribution >= 0.6 is 23.2 Å². The van der Waals surface area contributed by atoms with Crippen LogP contribution in [0.2, 0.25) is 10.0 Å². The molecule has 2 amide bonds. The maximum absolute atomic E-state index is 12.5. The van der Waals surface area contributed by atoms with Crippen LogP contribution in [0.25, 0.3) is 11.1 Å². The van der Waals surface area contributed by atoms with Crippen molar-refractivity contribution < 1.29 is 19.5 Å². The van der Waals surface area contributed by atoms with E-state index in [4.69, 9.17) is 28.9 Å². The summed E-state index contributed by atoms with van der Waals surface area (Å²) in [4.78, 5) is 35.0. The van der Waals surface area contributed by atoms with Gasteiger partial charge in [0.2, 0.25) is 5.91 Å². The maximum Gasteiger partial charge on any atom is 0.328 e. The Morgan fingerprint density at radius 1 is 1.04 bits per heavy atom. The predicted molar refractivity (Wildman–Crippen MR) is 103 cm³/mol. The second kappa shape index (κ2) is 9.36. The van der Waals surface area contributed by atoms with Crippen LogP contribution in [-0.2, 0) is 9.59 Å². The Hall–Kier alpha value is -2.61. The van der Waals surface area contributed by atoms with E-state index in [1.807, 2.05) is 30.3 Å². The van der Waals surface area contributed by atoms with E-state index < -0.39 is 23.8 Å². The van der Waals surface area contributed by atoms with E-state index in [9.17, 15) is 19.5 Å². The second-order valence-electron chi connectivity index (χ2n) is 5.55. The first-order valence-corrected chi connectivity index (χ1v) is 8.64. The number of rotatable bonds is 7. The molecule has 2 rings (SSSR count). The number of amides is 2. The molecule has 0 fully saturated rings. The summed E-state index contributed by atoms with van der Waals surface area (Å²) in [5.41, 5.74) is 6.68. The lowest BCUT2D eigenvalue weighted by molar-refractivity contribution is -0.139. The van der Waals surface area contributed by atoms with Gasteiger partial charge >= 0.3 is 5.97 Å². The molecule has 0 saturated heterocycles. The van der Waals surface area contributed by atoms with Gasteiger partial charge < -0.3 is 21.5 Å². The van der Waals surface area contributed by atoms with Gasteiger partial charge in [0.15, 0.2) is 0 Å². The fraction of sp³-hybridized carbons (Fsp3) is 0.167. The Bertz CT molecular complexity index is 836. The van der Waals surface area contributed by atoms with E-state index in [1.165, 1.54) is 0 Å². The van der Waals surface area contributed by atoms with Crippen LogP contribution in [0.4, 0.5) is 0 Å². The fourth-order valence-corrected chi connectivity index (χ4v) is 2.96. The molecule has 2 aromatic rings. The van der Waals surface area contributed by atoms with Crippen LogP contribution < -0.4 is 16.4 Å². The molecule has 5 N–H and O–H groups in total. The number of hydrogen-bond acceptors (Lipinski definition) is 4. The summed E-state index contributed by atoms with van der Waals surface area (Å²) in [5.74, 6) is -2.63. The summed E-state index contributed by atoms with van der Waals surface area (Å²) in [6.07, 6.45) is 0. The first kappa shape index (κ1) is 20.7. The zero-order valence-electron chi connectivity index (χ0n) is 14.0. The third-order valence-corrected chi connectivity index (χ3v) is 4.26. The number of nitrogens with one attached hydrogen (secondary N) is 2. The number of nitrogens with two attached hydrogens (primary N) is 1. The Morgan fingerprint density at radius 3 is 2.15 bits per heavy atom. The molecule has 1 atom stereocenters. The van der Waals surface area contributed by atoms with E-state index in [0.29, 0.717) is 5.56 Å². The van der Waals surface area contributed by atoms with Crippen molar-refractivity contribution in [3.63, 3.8) is 0 Å². The Kier molecular flexibility index (Phi) is 7.18. The molecule has 0 saturated carbocycles. The highest BCUT2D eigenvalue weighted by molar-refractivity contribution is 6.40. The normalized spacial score (nSPS) is 11.5. The topological polar surface area (TPSA) is 122 Å². The van der Waals surface area contributed by atoms with Crippen LogP contribution in [0.1, 0.15) is 10.4 Å². The summed E-state index contributed by atoms with van der Waals surface area (Å²) in [6.45, 7) is -0.618. The van der Waals surface area contributed by atoms with Gasteiger partial charge in [-0.25, -0.2) is 4.79 Å². The molecule has 0 bridgehead atoms. The molecule has 0 aliphatic carbocycles. The third kappa shape index (κ3) is 5.43. The number of carbonyl (C=O) groups is 3. The van der Waals surface area contributed by atoms with Gasteiger partial charge in [-0.3, -0.25) is 9.59 Å². The number of benzene rings is 2. The van der Waals surface area contributed by atoms with E-state index in [1.54, 1.807) is 12.1 Å². The van der Waals surface area contributed by atoms with Crippen molar-refractivity contribution in [3.8, 4) is 11.1 Å². The van der Waals surface area contributed by atoms with Gasteiger partial charge in [-0.05, 0) is 23.3 Å². The third-order valence-electron chi connectivity index (χ3n) is 3.67. The van der Waals surface area contributed by atoms with Crippen LogP contribution in [-0.4, -0.2) is 42.0 Å². The lowest BCUT2D eigenvalue weighted by atomic mass is 10.0. The largest absolute Gasteiger partial charge is 0.480 e. The van der Waals surface area contributed by atoms with E-state index in [2.05, 4.69) is 10.6 Å². The van der Waals surface area contributed by atoms with Crippen molar-refractivity contribution in [2.75, 3.05) is 13.1 Å². The Morgan fingerprint density at radius 2 is 1.63 bits per heavy atom. The minimum atomic E-state index is -1.37. The highest BCUT2D eigenvalue weighted by Gasteiger charge is 2.24. The van der Waals surface area contributed by atoms with Crippen molar-refractivity contribution in [1.29, 1.82) is 0 Å². The average Bonchev–Trinajstić information content (AvgIpc) is 2.64. The number of hydrogen-bond donors (Lipinski definition) is 4. The fourth-order valence-electron chi connectivity index (χ4n) is 2.31. The molecule has 0 heterocycles. The molecule has 142 valence electrons. The van der Waals surface area contributed by atoms with Crippen molar-refractivity contribution in [2.24, 2.45) is 5.73 Å². The van der Waals surface area contributed by atoms with E-state index >= 15 is 0 Å². The minimum Gasteiger partial charge on any atom is -0.480 e. The molecule has 27 heavy (non-hydrogen) atoms. The highest BCUT2D eigenvalue weighted by Crippen LogP contribution is 2.31. The Balaban J connectivity index is 2.22. The maximum atomic E-state index is 12.5. The van der Waals surface area contributed by atoms with Crippen molar-refractivity contribution in [3.05, 3.63) is 58.1 Å². The van der Waals surface area contributed by atoms with E-state index in [0.717, 1.165) is 5.56 Å². The van der Waals surface area contributed by atoms with Gasteiger partial charge in [-0.2, -0.15) is 0 Å². The molecule has 7 nitrogen and oxygen atoms in total. The smallest absolute Gasteiger partial charge is 0.328 e. The molecule has 1 unspecified atom stereocenters. The standard InChI is InChI=1S/C18H17Cl2N3O4/c19-12-6-11(10-4-2-1-3-5-10)7-13(20)16(12)17(25)23-14(18(26)27)9-22-15(24)8-21/h1-7,14H,8-9,21H2,(H,22,24)(H,23,25)(H,26,27). The SMILES string of the molecule is NCC(=O)NCC(NC(=O)c1c(Cl)cc(-c2ccccc2)cc1Cl)C(=O)O. The highest BCUT2D eigenvalue weighted by atomic mass is 35.5. The lowest BCUT2D eigenvalue weighted by Crippen LogP contribution is -2.49. The molecule has 0 spiro atoms. The number of halogens is 2. The average molecular weight is 410 g/mol. The molecule has 9 heteroatoms. The van der Waals surface area contributed by atoms with Gasteiger partial charge in [0.25, 0.3) is 5.91 Å². The molecule has 0 aliphatic heterocycles. The minimum absolute atomic E-state index is 0.0468. The van der Waals surface area contributed by atoms with Gasteiger partial charge in [0.05, 0.1) is 22.2 Å². The molecule has 0 aliphatic rings. The Labute approximate surface area is 165 Å². The zero-order chi connectivity index (χ0) is 20.0. The number of carbonyl (C=O) groups excluding carboxylic acids is 2. The molecule has 2 aromatic carbocycles. The van der Waals surface area contributed by atoms with Crippen LogP contribution in [0.3, 0.4) is 0 Å². The lowest BCUT2D eigenvalue weighted by Gasteiger charge is -2.17. The number of aliphatic carboxylic acids is 1. The van der Waals surface area contributed by atoms with Gasteiger partial charge in [-0.15, -0.1) is 0 Å². The quantitative estimate of drug-likeness (QED) is 0.556. The predicted octanol–water partition coefficient (Wildman–Crippen LogP) is 1.92. The summed E-state index contributed by atoms with van der Waals surface area (Å²) < 4.78 is 0. The second-order valence-corrected chi connectivity index (χ2v) is 6.37. The zero-order valence-corrected chi connectivity index (χ0v) is 15.6. The first-order chi connectivity index (χ1) is 12.8. The van der Waals surface area contributed by atoms with Crippen LogP contribution in [0, 0.1) is 0 Å². The van der Waals surface area contributed by atoms with Crippen molar-refractivity contribution in [2.45, 2.75) is 6.04 Å². The summed E-state index contributed by atoms with van der Waals surface area (Å²) in [7, 11) is 0. The molecule has 0 aromatic heterocycles. The molecular weight excluding hydrogens is 393 g/mol. The van der Waals surface area contributed by atoms with Gasteiger partial charge in [0, 0.05) is 6.54 Å². The molecule has 0 radical (unpaired) electrons. The number of carboxylic acid groups (broad SMARTS) is 1. The molecular formula is C18H17Cl2N3O4. The first-order valence-electron chi connectivity index (χ1n) is 7.88. The van der Waals surface area contributed by atoms with Gasteiger partial charge in [-0.1, -0.05) is 53.5 Å². The summed E-state index contributed by atoms with van der Waals surface area (Å²) in [5, 5.41) is 14.0. The summed E-state index contributed by atoms with van der Waals surface area (Å²) in [6, 6.07) is 11.1. The summed E-state index contributed by atoms with van der Waals surface area (Å²) >= 11 is 12.4. The van der Waals surface area contributed by atoms with Crippen LogP contribution in [0.5, 0.6) is 0 Å². The van der Waals surface area contributed by atoms with Gasteiger partial charge in [0.1, 0.15) is 6.04 Å². The van der Waals surface area contributed by atoms with Crippen molar-refractivity contribution in [1.82, 2.24) is 10.6 Å². The number of carboxylic acids is 1. The monoisotopic (exact) mass is 409 g/mol. The van der Waals surface area contributed by atoms with Crippen LogP contribution in [0.15, 0.2) is 42.5 Å². The van der Waals surface area contributed by atoms with Crippen molar-refractivity contribution >= 4 is 41.0 Å².